The van der Waals surface area contributed by atoms with Gasteiger partial charge in [-0.25, -0.2) is 0 Å². The van der Waals surface area contributed by atoms with Crippen molar-refractivity contribution in [3.8, 4) is 0 Å². The highest BCUT2D eigenvalue weighted by Gasteiger charge is 2.05. The van der Waals surface area contributed by atoms with Crippen molar-refractivity contribution in [1.29, 1.82) is 0 Å². The summed E-state index contributed by atoms with van der Waals surface area (Å²) in [6.45, 7) is 6.07. The van der Waals surface area contributed by atoms with Crippen LogP contribution >= 0.6 is 0 Å². The standard InChI is InChI=1S/C17H24O3/c1-13(14(2)12-20-15(3)19)11-17-8-5-4-7-16(17)9-6-10-18/h4-5,7-8,18H,6,9-12H2,1-3H3. The van der Waals surface area contributed by atoms with Gasteiger partial charge in [0.1, 0.15) is 6.61 Å². The maximum Gasteiger partial charge on any atom is 0.302 e. The highest BCUT2D eigenvalue weighted by molar-refractivity contribution is 5.66. The zero-order valence-corrected chi connectivity index (χ0v) is 12.6. The maximum absolute atomic E-state index is 10.8. The molecule has 0 atom stereocenters. The molecule has 1 aromatic rings. The van der Waals surface area contributed by atoms with Crippen LogP contribution in [0, 0.1) is 0 Å². The second-order valence-corrected chi connectivity index (χ2v) is 5.11. The molecular formula is C17H24O3. The van der Waals surface area contributed by atoms with Crippen LogP contribution < -0.4 is 0 Å². The van der Waals surface area contributed by atoms with Crippen molar-refractivity contribution in [2.75, 3.05) is 13.2 Å². The number of carbonyl (C=O) groups is 1. The van der Waals surface area contributed by atoms with Gasteiger partial charge in [0.2, 0.25) is 0 Å². The predicted molar refractivity (Wildman–Crippen MR) is 80.6 cm³/mol. The lowest BCUT2D eigenvalue weighted by Crippen LogP contribution is -2.04. The molecule has 0 heterocycles. The molecule has 0 fully saturated rings. The third kappa shape index (κ3) is 5.57. The molecule has 0 aliphatic heterocycles. The zero-order valence-electron chi connectivity index (χ0n) is 12.6. The smallest absolute Gasteiger partial charge is 0.302 e. The summed E-state index contributed by atoms with van der Waals surface area (Å²) in [7, 11) is 0. The van der Waals surface area contributed by atoms with Crippen molar-refractivity contribution < 1.29 is 14.6 Å². The normalized spacial score (nSPS) is 12.0. The van der Waals surface area contributed by atoms with Crippen LogP contribution in [-0.4, -0.2) is 24.3 Å². The molecule has 0 unspecified atom stereocenters. The number of benzene rings is 1. The van der Waals surface area contributed by atoms with Crippen LogP contribution in [0.4, 0.5) is 0 Å². The fourth-order valence-electron chi connectivity index (χ4n) is 2.01. The summed E-state index contributed by atoms with van der Waals surface area (Å²) < 4.78 is 5.03. The van der Waals surface area contributed by atoms with E-state index in [9.17, 15) is 4.79 Å². The first-order valence-electron chi connectivity index (χ1n) is 7.00. The molecule has 0 aliphatic rings. The van der Waals surface area contributed by atoms with Gasteiger partial charge >= 0.3 is 5.97 Å². The van der Waals surface area contributed by atoms with Crippen LogP contribution in [0.15, 0.2) is 35.4 Å². The number of aryl methyl sites for hydroxylation is 1. The number of hydrogen-bond acceptors (Lipinski definition) is 3. The predicted octanol–water partition coefficient (Wildman–Crippen LogP) is 3.05. The van der Waals surface area contributed by atoms with Crippen molar-refractivity contribution >= 4 is 5.97 Å². The zero-order chi connectivity index (χ0) is 15.0. The van der Waals surface area contributed by atoms with Crippen LogP contribution in [-0.2, 0) is 22.4 Å². The highest BCUT2D eigenvalue weighted by atomic mass is 16.5. The molecule has 0 aromatic heterocycles. The van der Waals surface area contributed by atoms with Crippen molar-refractivity contribution in [2.24, 2.45) is 0 Å². The molecule has 1 N–H and O–H groups in total. The Kier molecular flexibility index (Phi) is 7.02. The van der Waals surface area contributed by atoms with Gasteiger partial charge in [0, 0.05) is 13.5 Å². The van der Waals surface area contributed by atoms with Crippen LogP contribution in [0.2, 0.25) is 0 Å². The lowest BCUT2D eigenvalue weighted by atomic mass is 9.96. The number of hydrogen-bond donors (Lipinski definition) is 1. The summed E-state index contributed by atoms with van der Waals surface area (Å²) in [5, 5.41) is 8.95. The molecule has 0 bridgehead atoms. The lowest BCUT2D eigenvalue weighted by Gasteiger charge is -2.12. The lowest BCUT2D eigenvalue weighted by molar-refractivity contribution is -0.139. The van der Waals surface area contributed by atoms with E-state index in [2.05, 4.69) is 19.1 Å². The van der Waals surface area contributed by atoms with Crippen molar-refractivity contribution in [2.45, 2.75) is 40.0 Å². The van der Waals surface area contributed by atoms with E-state index in [1.54, 1.807) is 0 Å². The molecule has 110 valence electrons. The first-order valence-corrected chi connectivity index (χ1v) is 7.00. The van der Waals surface area contributed by atoms with Gasteiger partial charge in [-0.05, 0) is 49.8 Å². The number of aliphatic hydroxyl groups excluding tert-OH is 1. The summed E-state index contributed by atoms with van der Waals surface area (Å²) in [5.41, 5.74) is 4.88. The minimum absolute atomic E-state index is 0.217. The van der Waals surface area contributed by atoms with E-state index in [1.165, 1.54) is 23.6 Å². The van der Waals surface area contributed by atoms with Gasteiger partial charge in [-0.15, -0.1) is 0 Å². The van der Waals surface area contributed by atoms with E-state index in [1.807, 2.05) is 19.1 Å². The Morgan fingerprint density at radius 1 is 1.10 bits per heavy atom. The average molecular weight is 276 g/mol. The molecule has 0 radical (unpaired) electrons. The Hall–Kier alpha value is -1.61. The van der Waals surface area contributed by atoms with Gasteiger partial charge in [0.25, 0.3) is 0 Å². The Morgan fingerprint density at radius 2 is 1.75 bits per heavy atom. The summed E-state index contributed by atoms with van der Waals surface area (Å²) in [4.78, 5) is 10.8. The van der Waals surface area contributed by atoms with Gasteiger partial charge in [-0.1, -0.05) is 29.8 Å². The van der Waals surface area contributed by atoms with Crippen LogP contribution in [0.25, 0.3) is 0 Å². The number of esters is 1. The molecule has 0 aliphatic carbocycles. The van der Waals surface area contributed by atoms with Gasteiger partial charge in [-0.3, -0.25) is 4.79 Å². The summed E-state index contributed by atoms with van der Waals surface area (Å²) >= 11 is 0. The topological polar surface area (TPSA) is 46.5 Å². The molecular weight excluding hydrogens is 252 g/mol. The molecule has 20 heavy (non-hydrogen) atoms. The minimum atomic E-state index is -0.250. The molecule has 1 aromatic carbocycles. The SMILES string of the molecule is CC(=O)OCC(C)=C(C)Cc1ccccc1CCCO. The number of allylic oxidation sites excluding steroid dienone is 1. The number of aliphatic hydroxyl groups is 1. The van der Waals surface area contributed by atoms with E-state index < -0.39 is 0 Å². The van der Waals surface area contributed by atoms with Gasteiger partial charge in [-0.2, -0.15) is 0 Å². The maximum atomic E-state index is 10.8. The molecule has 0 saturated heterocycles. The molecule has 0 spiro atoms. The summed E-state index contributed by atoms with van der Waals surface area (Å²) in [6.07, 6.45) is 2.53. The van der Waals surface area contributed by atoms with Gasteiger partial charge in [0.05, 0.1) is 0 Å². The quantitative estimate of drug-likeness (QED) is 0.615. The third-order valence-corrected chi connectivity index (χ3v) is 3.40. The van der Waals surface area contributed by atoms with E-state index in [4.69, 9.17) is 9.84 Å². The molecule has 0 amide bonds. The Labute approximate surface area is 121 Å². The second-order valence-electron chi connectivity index (χ2n) is 5.11. The Bertz CT molecular complexity index is 475. The molecule has 3 nitrogen and oxygen atoms in total. The van der Waals surface area contributed by atoms with E-state index in [0.29, 0.717) is 6.61 Å². The van der Waals surface area contributed by atoms with Gasteiger partial charge < -0.3 is 9.84 Å². The van der Waals surface area contributed by atoms with Crippen LogP contribution in [0.5, 0.6) is 0 Å². The molecule has 1 rings (SSSR count). The Balaban J connectivity index is 2.76. The number of ether oxygens (including phenoxy) is 1. The van der Waals surface area contributed by atoms with Crippen molar-refractivity contribution in [3.05, 3.63) is 46.5 Å². The summed E-state index contributed by atoms with van der Waals surface area (Å²) in [5.74, 6) is -0.250. The summed E-state index contributed by atoms with van der Waals surface area (Å²) in [6, 6.07) is 8.29. The minimum Gasteiger partial charge on any atom is -0.461 e. The van der Waals surface area contributed by atoms with Crippen molar-refractivity contribution in [1.82, 2.24) is 0 Å². The number of carbonyl (C=O) groups excluding carboxylic acids is 1. The highest BCUT2D eigenvalue weighted by Crippen LogP contribution is 2.17. The first kappa shape index (κ1) is 16.4. The van der Waals surface area contributed by atoms with E-state index in [-0.39, 0.29) is 12.6 Å². The van der Waals surface area contributed by atoms with E-state index in [0.717, 1.165) is 24.8 Å². The third-order valence-electron chi connectivity index (χ3n) is 3.40. The molecule has 3 heteroatoms. The van der Waals surface area contributed by atoms with E-state index >= 15 is 0 Å². The van der Waals surface area contributed by atoms with Crippen LogP contribution in [0.1, 0.15) is 38.3 Å². The first-order chi connectivity index (χ1) is 9.54. The Morgan fingerprint density at radius 3 is 2.35 bits per heavy atom. The fraction of sp³-hybridized carbons (Fsp3) is 0.471. The monoisotopic (exact) mass is 276 g/mol. The van der Waals surface area contributed by atoms with Crippen LogP contribution in [0.3, 0.4) is 0 Å². The van der Waals surface area contributed by atoms with Crippen molar-refractivity contribution in [3.63, 3.8) is 0 Å². The fourth-order valence-corrected chi connectivity index (χ4v) is 2.01. The van der Waals surface area contributed by atoms with Gasteiger partial charge in [0.15, 0.2) is 0 Å². The molecule has 0 saturated carbocycles. The average Bonchev–Trinajstić information content (AvgIpc) is 2.43. The second kappa shape index (κ2) is 8.54. The largest absolute Gasteiger partial charge is 0.461 e. The number of rotatable bonds is 7.